The average molecular weight is 288 g/mol. The normalized spacial score (nSPS) is 10.4. The molecule has 0 spiro atoms. The van der Waals surface area contributed by atoms with Crippen LogP contribution in [0, 0.1) is 0 Å². The van der Waals surface area contributed by atoms with Crippen LogP contribution >= 0.6 is 23.2 Å². The van der Waals surface area contributed by atoms with E-state index in [1.165, 1.54) is 6.21 Å². The molecule has 0 aliphatic heterocycles. The molecule has 18 heavy (non-hydrogen) atoms. The van der Waals surface area contributed by atoms with E-state index in [-0.39, 0.29) is 0 Å². The van der Waals surface area contributed by atoms with Crippen molar-refractivity contribution in [1.82, 2.24) is 10.7 Å². The van der Waals surface area contributed by atoms with Gasteiger partial charge in [-0.3, -0.25) is 9.59 Å². The van der Waals surface area contributed by atoms with Gasteiger partial charge in [0.1, 0.15) is 0 Å². The smallest absolute Gasteiger partial charge is 0.329 e. The molecule has 0 aromatic heterocycles. The second-order valence-electron chi connectivity index (χ2n) is 3.23. The first kappa shape index (κ1) is 14.5. The lowest BCUT2D eigenvalue weighted by atomic mass is 10.2. The van der Waals surface area contributed by atoms with Crippen LogP contribution in [0.15, 0.2) is 23.3 Å². The number of halogens is 2. The molecule has 0 heterocycles. The van der Waals surface area contributed by atoms with Gasteiger partial charge in [0.05, 0.1) is 16.3 Å². The molecule has 0 aliphatic carbocycles. The third-order valence-electron chi connectivity index (χ3n) is 1.87. The summed E-state index contributed by atoms with van der Waals surface area (Å²) in [7, 11) is 0. The Morgan fingerprint density at radius 2 is 2.00 bits per heavy atom. The van der Waals surface area contributed by atoms with E-state index in [4.69, 9.17) is 23.2 Å². The molecule has 7 heteroatoms. The van der Waals surface area contributed by atoms with Crippen LogP contribution in [-0.4, -0.2) is 24.6 Å². The highest BCUT2D eigenvalue weighted by Gasteiger charge is 2.09. The molecule has 2 amide bonds. The van der Waals surface area contributed by atoms with E-state index in [1.54, 1.807) is 25.1 Å². The fourth-order valence-electron chi connectivity index (χ4n) is 1.05. The molecule has 0 unspecified atom stereocenters. The predicted octanol–water partition coefficient (Wildman–Crippen LogP) is 1.58. The first-order valence-corrected chi connectivity index (χ1v) is 5.86. The second kappa shape index (κ2) is 6.98. The highest BCUT2D eigenvalue weighted by molar-refractivity contribution is 6.42. The second-order valence-corrected chi connectivity index (χ2v) is 4.05. The number of carbonyl (C=O) groups is 2. The first-order chi connectivity index (χ1) is 8.54. The van der Waals surface area contributed by atoms with Gasteiger partial charge in [-0.1, -0.05) is 29.3 Å². The van der Waals surface area contributed by atoms with E-state index in [2.05, 4.69) is 15.8 Å². The van der Waals surface area contributed by atoms with Crippen molar-refractivity contribution < 1.29 is 9.59 Å². The molecular weight excluding hydrogens is 277 g/mol. The quantitative estimate of drug-likeness (QED) is 0.503. The van der Waals surface area contributed by atoms with Crippen LogP contribution in [0.25, 0.3) is 0 Å². The van der Waals surface area contributed by atoms with Crippen LogP contribution in [-0.2, 0) is 9.59 Å². The van der Waals surface area contributed by atoms with Gasteiger partial charge >= 0.3 is 11.8 Å². The van der Waals surface area contributed by atoms with E-state index < -0.39 is 11.8 Å². The highest BCUT2D eigenvalue weighted by atomic mass is 35.5. The van der Waals surface area contributed by atoms with E-state index >= 15 is 0 Å². The Balaban J connectivity index is 2.57. The molecule has 0 atom stereocenters. The number of benzene rings is 1. The van der Waals surface area contributed by atoms with Crippen LogP contribution in [0.3, 0.4) is 0 Å². The van der Waals surface area contributed by atoms with Crippen LogP contribution in [0.5, 0.6) is 0 Å². The molecular formula is C11H11Cl2N3O2. The molecule has 0 fully saturated rings. The third-order valence-corrected chi connectivity index (χ3v) is 2.61. The zero-order chi connectivity index (χ0) is 13.5. The molecule has 0 saturated carbocycles. The number of nitrogens with one attached hydrogen (secondary N) is 2. The van der Waals surface area contributed by atoms with E-state index in [1.807, 2.05) is 0 Å². The van der Waals surface area contributed by atoms with Crippen molar-refractivity contribution >= 4 is 41.2 Å². The Morgan fingerprint density at radius 3 is 2.61 bits per heavy atom. The summed E-state index contributed by atoms with van der Waals surface area (Å²) in [6.07, 6.45) is 1.36. The fraction of sp³-hybridized carbons (Fsp3) is 0.182. The summed E-state index contributed by atoms with van der Waals surface area (Å²) in [5, 5.41) is 6.79. The van der Waals surface area contributed by atoms with Crippen LogP contribution in [0.2, 0.25) is 10.0 Å². The Hall–Kier alpha value is -1.59. The van der Waals surface area contributed by atoms with Gasteiger partial charge in [-0.15, -0.1) is 0 Å². The largest absolute Gasteiger partial charge is 0.348 e. The van der Waals surface area contributed by atoms with Gasteiger partial charge < -0.3 is 5.32 Å². The first-order valence-electron chi connectivity index (χ1n) is 5.11. The minimum Gasteiger partial charge on any atom is -0.348 e. The van der Waals surface area contributed by atoms with Crippen molar-refractivity contribution in [1.29, 1.82) is 0 Å². The van der Waals surface area contributed by atoms with Gasteiger partial charge in [-0.25, -0.2) is 5.43 Å². The van der Waals surface area contributed by atoms with E-state index in [0.29, 0.717) is 22.2 Å². The van der Waals surface area contributed by atoms with Gasteiger partial charge in [-0.05, 0) is 24.6 Å². The Bertz CT molecular complexity index is 489. The molecule has 0 aliphatic rings. The van der Waals surface area contributed by atoms with E-state index in [0.717, 1.165) is 0 Å². The molecule has 1 rings (SSSR count). The maximum Gasteiger partial charge on any atom is 0.329 e. The standard InChI is InChI=1S/C11H11Cl2N3O2/c1-2-14-10(17)11(18)16-15-6-7-3-4-8(12)9(13)5-7/h3-6H,2H2,1H3,(H,14,17)(H,16,18)/b15-6-. The molecule has 0 saturated heterocycles. The molecule has 2 N–H and O–H groups in total. The highest BCUT2D eigenvalue weighted by Crippen LogP contribution is 2.21. The summed E-state index contributed by atoms with van der Waals surface area (Å²) in [5.41, 5.74) is 2.75. The Labute approximate surface area is 114 Å². The number of hydrogen-bond acceptors (Lipinski definition) is 3. The number of rotatable bonds is 3. The van der Waals surface area contributed by atoms with Crippen molar-refractivity contribution in [3.63, 3.8) is 0 Å². The van der Waals surface area contributed by atoms with Crippen molar-refractivity contribution in [3.8, 4) is 0 Å². The lowest BCUT2D eigenvalue weighted by Gasteiger charge is -2.00. The molecule has 5 nitrogen and oxygen atoms in total. The maximum absolute atomic E-state index is 11.2. The van der Waals surface area contributed by atoms with Crippen LogP contribution in [0.1, 0.15) is 12.5 Å². The Morgan fingerprint density at radius 1 is 1.28 bits per heavy atom. The van der Waals surface area contributed by atoms with Gasteiger partial charge in [0.2, 0.25) is 0 Å². The number of likely N-dealkylation sites (N-methyl/N-ethyl adjacent to an activating group) is 1. The molecule has 0 bridgehead atoms. The minimum atomic E-state index is -0.826. The van der Waals surface area contributed by atoms with Gasteiger partial charge in [0.15, 0.2) is 0 Å². The summed E-state index contributed by atoms with van der Waals surface area (Å²) in [6.45, 7) is 2.09. The fourth-order valence-corrected chi connectivity index (χ4v) is 1.36. The zero-order valence-electron chi connectivity index (χ0n) is 9.54. The molecule has 0 radical (unpaired) electrons. The number of nitrogens with zero attached hydrogens (tertiary/aromatic N) is 1. The summed E-state index contributed by atoms with van der Waals surface area (Å²) in [6, 6.07) is 4.87. The summed E-state index contributed by atoms with van der Waals surface area (Å²) in [4.78, 5) is 22.2. The van der Waals surface area contributed by atoms with Gasteiger partial charge in [0.25, 0.3) is 0 Å². The number of hydrogen-bond donors (Lipinski definition) is 2. The molecule has 96 valence electrons. The number of hydrazone groups is 1. The Kier molecular flexibility index (Phi) is 5.61. The van der Waals surface area contributed by atoms with Crippen molar-refractivity contribution in [2.24, 2.45) is 5.10 Å². The van der Waals surface area contributed by atoms with E-state index in [9.17, 15) is 9.59 Å². The SMILES string of the molecule is CCNC(=O)C(=O)N/N=C\c1ccc(Cl)c(Cl)c1. The van der Waals surface area contributed by atoms with Crippen molar-refractivity contribution in [2.45, 2.75) is 6.92 Å². The summed E-state index contributed by atoms with van der Waals surface area (Å²) in [5.74, 6) is -1.56. The topological polar surface area (TPSA) is 70.6 Å². The van der Waals surface area contributed by atoms with Gasteiger partial charge in [-0.2, -0.15) is 5.10 Å². The number of carbonyl (C=O) groups excluding carboxylic acids is 2. The third kappa shape index (κ3) is 4.35. The molecule has 1 aromatic carbocycles. The summed E-state index contributed by atoms with van der Waals surface area (Å²) >= 11 is 11.5. The monoisotopic (exact) mass is 287 g/mol. The van der Waals surface area contributed by atoms with Gasteiger partial charge in [0, 0.05) is 6.54 Å². The lowest BCUT2D eigenvalue weighted by molar-refractivity contribution is -0.139. The number of amides is 2. The van der Waals surface area contributed by atoms with Crippen LogP contribution < -0.4 is 10.7 Å². The average Bonchev–Trinajstić information content (AvgIpc) is 2.34. The van der Waals surface area contributed by atoms with Crippen LogP contribution in [0.4, 0.5) is 0 Å². The lowest BCUT2D eigenvalue weighted by Crippen LogP contribution is -2.37. The predicted molar refractivity (Wildman–Crippen MR) is 70.9 cm³/mol. The minimum absolute atomic E-state index is 0.378. The maximum atomic E-state index is 11.2. The van der Waals surface area contributed by atoms with Crippen molar-refractivity contribution in [3.05, 3.63) is 33.8 Å². The molecule has 1 aromatic rings. The van der Waals surface area contributed by atoms with Crippen molar-refractivity contribution in [2.75, 3.05) is 6.54 Å². The zero-order valence-corrected chi connectivity index (χ0v) is 11.0. The summed E-state index contributed by atoms with van der Waals surface area (Å²) < 4.78 is 0.